The normalized spacial score (nSPS) is 14.8. The molecule has 0 saturated carbocycles. The zero-order chi connectivity index (χ0) is 12.0. The van der Waals surface area contributed by atoms with E-state index in [1.165, 1.54) is 12.1 Å². The highest BCUT2D eigenvalue weighted by Crippen LogP contribution is 2.14. The Morgan fingerprint density at radius 1 is 1.31 bits per heavy atom. The van der Waals surface area contributed by atoms with Gasteiger partial charge in [-0.3, -0.25) is 0 Å². The van der Waals surface area contributed by atoms with Gasteiger partial charge in [-0.1, -0.05) is 19.1 Å². The highest BCUT2D eigenvalue weighted by Gasteiger charge is 2.14. The number of methoxy groups -OCH3 is 1. The minimum absolute atomic E-state index is 0.185. The van der Waals surface area contributed by atoms with Gasteiger partial charge in [0, 0.05) is 13.7 Å². The van der Waals surface area contributed by atoms with Crippen molar-refractivity contribution in [2.24, 2.45) is 5.92 Å². The lowest BCUT2D eigenvalue weighted by molar-refractivity contribution is 0.0887. The molecule has 0 aromatic heterocycles. The van der Waals surface area contributed by atoms with Crippen molar-refractivity contribution in [3.05, 3.63) is 35.6 Å². The van der Waals surface area contributed by atoms with Crippen LogP contribution in [0, 0.1) is 11.7 Å². The van der Waals surface area contributed by atoms with Gasteiger partial charge >= 0.3 is 0 Å². The highest BCUT2D eigenvalue weighted by molar-refractivity contribution is 5.16. The summed E-state index contributed by atoms with van der Waals surface area (Å²) in [5.74, 6) is -0.0596. The summed E-state index contributed by atoms with van der Waals surface area (Å²) in [6.07, 6.45) is 0.991. The molecule has 0 aliphatic heterocycles. The van der Waals surface area contributed by atoms with Crippen LogP contribution in [-0.4, -0.2) is 24.9 Å². The Bertz CT molecular complexity index is 297. The summed E-state index contributed by atoms with van der Waals surface area (Å²) in [6, 6.07) is 6.26. The van der Waals surface area contributed by atoms with Gasteiger partial charge in [-0.05, 0) is 36.5 Å². The number of benzene rings is 1. The second-order valence-electron chi connectivity index (χ2n) is 4.16. The number of hydrogen-bond acceptors (Lipinski definition) is 2. The molecule has 16 heavy (non-hydrogen) atoms. The average Bonchev–Trinajstić information content (AvgIpc) is 2.29. The van der Waals surface area contributed by atoms with Gasteiger partial charge in [0.15, 0.2) is 0 Å². The number of halogens is 1. The third kappa shape index (κ3) is 4.29. The van der Waals surface area contributed by atoms with E-state index in [-0.39, 0.29) is 11.7 Å². The molecule has 0 heterocycles. The smallest absolute Gasteiger partial charge is 0.123 e. The molecule has 0 spiro atoms. The van der Waals surface area contributed by atoms with Gasteiger partial charge < -0.3 is 9.84 Å². The summed E-state index contributed by atoms with van der Waals surface area (Å²) in [7, 11) is 1.65. The minimum Gasteiger partial charge on any atom is -0.393 e. The van der Waals surface area contributed by atoms with E-state index in [2.05, 4.69) is 0 Å². The zero-order valence-electron chi connectivity index (χ0n) is 9.82. The number of aliphatic hydroxyl groups is 1. The SMILES string of the molecule is COCCC(C)C(O)Cc1ccc(F)cc1. The summed E-state index contributed by atoms with van der Waals surface area (Å²) in [4.78, 5) is 0. The zero-order valence-corrected chi connectivity index (χ0v) is 9.82. The molecule has 1 aromatic carbocycles. The molecule has 1 N–H and O–H groups in total. The van der Waals surface area contributed by atoms with Crippen LogP contribution in [0.25, 0.3) is 0 Å². The molecule has 0 bridgehead atoms. The van der Waals surface area contributed by atoms with E-state index in [1.54, 1.807) is 19.2 Å². The molecular weight excluding hydrogens is 207 g/mol. The van der Waals surface area contributed by atoms with Crippen LogP contribution < -0.4 is 0 Å². The van der Waals surface area contributed by atoms with Gasteiger partial charge in [0.2, 0.25) is 0 Å². The lowest BCUT2D eigenvalue weighted by Crippen LogP contribution is -2.21. The standard InChI is InChI=1S/C13H19FO2/c1-10(7-8-16-2)13(15)9-11-3-5-12(14)6-4-11/h3-6,10,13,15H,7-9H2,1-2H3. The van der Waals surface area contributed by atoms with Crippen molar-refractivity contribution in [3.8, 4) is 0 Å². The Morgan fingerprint density at radius 3 is 2.50 bits per heavy atom. The first-order valence-corrected chi connectivity index (χ1v) is 5.55. The van der Waals surface area contributed by atoms with Crippen LogP contribution in [0.1, 0.15) is 18.9 Å². The quantitative estimate of drug-likeness (QED) is 0.807. The lowest BCUT2D eigenvalue weighted by Gasteiger charge is -2.18. The van der Waals surface area contributed by atoms with Crippen molar-refractivity contribution < 1.29 is 14.2 Å². The van der Waals surface area contributed by atoms with Crippen LogP contribution in [0.3, 0.4) is 0 Å². The lowest BCUT2D eigenvalue weighted by atomic mass is 9.95. The molecule has 3 heteroatoms. The Morgan fingerprint density at radius 2 is 1.94 bits per heavy atom. The highest BCUT2D eigenvalue weighted by atomic mass is 19.1. The van der Waals surface area contributed by atoms with Crippen LogP contribution in [0.4, 0.5) is 4.39 Å². The van der Waals surface area contributed by atoms with Crippen molar-refractivity contribution in [1.82, 2.24) is 0 Å². The summed E-state index contributed by atoms with van der Waals surface area (Å²) in [5, 5.41) is 9.92. The van der Waals surface area contributed by atoms with Crippen LogP contribution in [0.5, 0.6) is 0 Å². The third-order valence-electron chi connectivity index (χ3n) is 2.79. The molecule has 2 atom stereocenters. The molecular formula is C13H19FO2. The van der Waals surface area contributed by atoms with Crippen LogP contribution in [0.2, 0.25) is 0 Å². The Labute approximate surface area is 96.1 Å². The maximum Gasteiger partial charge on any atom is 0.123 e. The molecule has 2 nitrogen and oxygen atoms in total. The first-order chi connectivity index (χ1) is 7.63. The largest absolute Gasteiger partial charge is 0.393 e. The predicted molar refractivity (Wildman–Crippen MR) is 61.8 cm³/mol. The number of ether oxygens (including phenoxy) is 1. The van der Waals surface area contributed by atoms with Crippen molar-refractivity contribution in [1.29, 1.82) is 0 Å². The molecule has 0 aliphatic carbocycles. The fourth-order valence-corrected chi connectivity index (χ4v) is 1.56. The van der Waals surface area contributed by atoms with Crippen LogP contribution in [-0.2, 0) is 11.2 Å². The molecule has 1 rings (SSSR count). The average molecular weight is 226 g/mol. The number of aliphatic hydroxyl groups excluding tert-OH is 1. The molecule has 90 valence electrons. The third-order valence-corrected chi connectivity index (χ3v) is 2.79. The van der Waals surface area contributed by atoms with Crippen molar-refractivity contribution in [2.45, 2.75) is 25.9 Å². The Balaban J connectivity index is 2.43. The summed E-state index contributed by atoms with van der Waals surface area (Å²) in [5.41, 5.74) is 0.957. The predicted octanol–water partition coefficient (Wildman–Crippen LogP) is 2.40. The van der Waals surface area contributed by atoms with Crippen LogP contribution in [0.15, 0.2) is 24.3 Å². The van der Waals surface area contributed by atoms with Gasteiger partial charge in [-0.15, -0.1) is 0 Å². The second-order valence-corrected chi connectivity index (χ2v) is 4.16. The van der Waals surface area contributed by atoms with E-state index in [0.29, 0.717) is 13.0 Å². The fourth-order valence-electron chi connectivity index (χ4n) is 1.56. The summed E-state index contributed by atoms with van der Waals surface area (Å²) < 4.78 is 17.6. The van der Waals surface area contributed by atoms with Gasteiger partial charge in [0.25, 0.3) is 0 Å². The maximum atomic E-state index is 12.7. The van der Waals surface area contributed by atoms with E-state index >= 15 is 0 Å². The number of rotatable bonds is 6. The first kappa shape index (κ1) is 13.1. The van der Waals surface area contributed by atoms with E-state index in [0.717, 1.165) is 12.0 Å². The van der Waals surface area contributed by atoms with Crippen molar-refractivity contribution in [3.63, 3.8) is 0 Å². The van der Waals surface area contributed by atoms with E-state index < -0.39 is 6.10 Å². The van der Waals surface area contributed by atoms with Gasteiger partial charge in [-0.2, -0.15) is 0 Å². The topological polar surface area (TPSA) is 29.5 Å². The number of hydrogen-bond donors (Lipinski definition) is 1. The molecule has 1 aromatic rings. The summed E-state index contributed by atoms with van der Waals surface area (Å²) >= 11 is 0. The molecule has 0 fully saturated rings. The molecule has 2 unspecified atom stereocenters. The van der Waals surface area contributed by atoms with Crippen LogP contribution >= 0.6 is 0 Å². The molecule has 0 radical (unpaired) electrons. The molecule has 0 aliphatic rings. The van der Waals surface area contributed by atoms with Gasteiger partial charge in [0.05, 0.1) is 6.10 Å². The van der Waals surface area contributed by atoms with Crippen molar-refractivity contribution >= 4 is 0 Å². The first-order valence-electron chi connectivity index (χ1n) is 5.55. The van der Waals surface area contributed by atoms with Gasteiger partial charge in [0.1, 0.15) is 5.82 Å². The van der Waals surface area contributed by atoms with E-state index in [4.69, 9.17) is 4.74 Å². The molecule has 0 saturated heterocycles. The maximum absolute atomic E-state index is 12.7. The minimum atomic E-state index is -0.402. The monoisotopic (exact) mass is 226 g/mol. The fraction of sp³-hybridized carbons (Fsp3) is 0.538. The van der Waals surface area contributed by atoms with E-state index in [1.807, 2.05) is 6.92 Å². The Hall–Kier alpha value is -0.930. The molecule has 0 amide bonds. The Kier molecular flexibility index (Phi) is 5.43. The van der Waals surface area contributed by atoms with Crippen molar-refractivity contribution in [2.75, 3.05) is 13.7 Å². The van der Waals surface area contributed by atoms with E-state index in [9.17, 15) is 9.50 Å². The summed E-state index contributed by atoms with van der Waals surface area (Å²) in [6.45, 7) is 2.65. The second kappa shape index (κ2) is 6.61. The van der Waals surface area contributed by atoms with Gasteiger partial charge in [-0.25, -0.2) is 4.39 Å².